The molecule has 0 fully saturated rings. The number of hydrogen-bond acceptors (Lipinski definition) is 3. The van der Waals surface area contributed by atoms with E-state index in [0.717, 1.165) is 30.1 Å². The second kappa shape index (κ2) is 6.90. The summed E-state index contributed by atoms with van der Waals surface area (Å²) in [6.07, 6.45) is 0.794. The molecule has 2 N–H and O–H groups in total. The number of rotatable bonds is 6. The van der Waals surface area contributed by atoms with E-state index < -0.39 is 0 Å². The Morgan fingerprint density at radius 3 is 2.78 bits per heavy atom. The zero-order valence-electron chi connectivity index (χ0n) is 10.0. The third kappa shape index (κ3) is 3.56. The Kier molecular flexibility index (Phi) is 5.20. The van der Waals surface area contributed by atoms with Gasteiger partial charge in [-0.25, -0.2) is 0 Å². The first-order chi connectivity index (χ1) is 8.81. The van der Waals surface area contributed by atoms with Gasteiger partial charge in [-0.15, -0.1) is 11.3 Å². The van der Waals surface area contributed by atoms with Gasteiger partial charge in [0.2, 0.25) is 0 Å². The minimum atomic E-state index is 0.238. The van der Waals surface area contributed by atoms with Crippen molar-refractivity contribution >= 4 is 22.9 Å². The Labute approximate surface area is 116 Å². The number of hydrogen-bond donors (Lipinski definition) is 2. The third-order valence-electron chi connectivity index (χ3n) is 2.61. The predicted molar refractivity (Wildman–Crippen MR) is 78.2 cm³/mol. The Hall–Kier alpha value is -0.870. The van der Waals surface area contributed by atoms with Gasteiger partial charge in [0.15, 0.2) is 0 Å². The fourth-order valence-electron chi connectivity index (χ4n) is 1.69. The average Bonchev–Trinajstić information content (AvgIpc) is 2.84. The molecule has 1 heterocycles. The van der Waals surface area contributed by atoms with Crippen LogP contribution in [0.1, 0.15) is 11.3 Å². The van der Waals surface area contributed by atoms with Gasteiger partial charge in [-0.05, 0) is 31.2 Å². The highest BCUT2D eigenvalue weighted by Gasteiger charge is 2.05. The maximum atomic E-state index is 8.69. The first-order valence-electron chi connectivity index (χ1n) is 5.96. The molecule has 1 aromatic heterocycles. The summed E-state index contributed by atoms with van der Waals surface area (Å²) in [4.78, 5) is 2.47. The maximum absolute atomic E-state index is 8.69. The Balaban J connectivity index is 2.00. The Morgan fingerprint density at radius 1 is 1.17 bits per heavy atom. The fourth-order valence-corrected chi connectivity index (χ4v) is 3.00. The van der Waals surface area contributed by atoms with Gasteiger partial charge >= 0.3 is 0 Å². The van der Waals surface area contributed by atoms with E-state index in [1.165, 1.54) is 9.75 Å². The summed E-state index contributed by atoms with van der Waals surface area (Å²) in [5.41, 5.74) is 1.09. The first-order valence-corrected chi connectivity index (χ1v) is 7.16. The second-order valence-electron chi connectivity index (χ2n) is 4.00. The molecule has 0 bridgehead atoms. The lowest BCUT2D eigenvalue weighted by atomic mass is 10.2. The molecule has 96 valence electrons. The summed E-state index contributed by atoms with van der Waals surface area (Å²) in [5.74, 6) is 0. The van der Waals surface area contributed by atoms with Crippen LogP contribution in [0, 0.1) is 0 Å². The van der Waals surface area contributed by atoms with Crippen LogP contribution in [-0.4, -0.2) is 18.3 Å². The van der Waals surface area contributed by atoms with E-state index in [-0.39, 0.29) is 6.61 Å². The molecule has 2 aromatic rings. The number of benzene rings is 1. The van der Waals surface area contributed by atoms with E-state index in [9.17, 15) is 0 Å². The third-order valence-corrected chi connectivity index (χ3v) is 4.06. The standard InChI is InChI=1S/C14H16ClNOS/c15-13-5-2-1-4-12(13)14-7-6-11(18-14)10-16-8-3-9-17/h1-2,4-7,16-17H,3,8-10H2. The van der Waals surface area contributed by atoms with Crippen molar-refractivity contribution in [3.63, 3.8) is 0 Å². The zero-order valence-corrected chi connectivity index (χ0v) is 11.6. The molecule has 0 aliphatic heterocycles. The molecule has 0 unspecified atom stereocenters. The highest BCUT2D eigenvalue weighted by atomic mass is 35.5. The molecule has 0 saturated heterocycles. The van der Waals surface area contributed by atoms with Crippen LogP contribution in [0.3, 0.4) is 0 Å². The summed E-state index contributed by atoms with van der Waals surface area (Å²) in [5, 5.41) is 12.8. The van der Waals surface area contributed by atoms with Gasteiger partial charge in [-0.1, -0.05) is 29.8 Å². The van der Waals surface area contributed by atoms with Gasteiger partial charge in [-0.3, -0.25) is 0 Å². The molecule has 1 aromatic carbocycles. The SMILES string of the molecule is OCCCNCc1ccc(-c2ccccc2Cl)s1. The molecule has 0 aliphatic rings. The van der Waals surface area contributed by atoms with Crippen molar-refractivity contribution in [3.05, 3.63) is 46.3 Å². The molecule has 0 saturated carbocycles. The molecule has 0 radical (unpaired) electrons. The van der Waals surface area contributed by atoms with Crippen LogP contribution in [-0.2, 0) is 6.54 Å². The topological polar surface area (TPSA) is 32.3 Å². The minimum absolute atomic E-state index is 0.238. The molecule has 0 aliphatic carbocycles. The lowest BCUT2D eigenvalue weighted by Crippen LogP contribution is -2.14. The van der Waals surface area contributed by atoms with Gasteiger partial charge in [0.25, 0.3) is 0 Å². The number of nitrogens with one attached hydrogen (secondary N) is 1. The molecule has 4 heteroatoms. The van der Waals surface area contributed by atoms with E-state index in [1.54, 1.807) is 11.3 Å². The van der Waals surface area contributed by atoms with Crippen LogP contribution in [0.5, 0.6) is 0 Å². The fraction of sp³-hybridized carbons (Fsp3) is 0.286. The molecular weight excluding hydrogens is 266 g/mol. The maximum Gasteiger partial charge on any atom is 0.0492 e. The van der Waals surface area contributed by atoms with Gasteiger partial charge in [0.1, 0.15) is 0 Å². The molecule has 0 amide bonds. The van der Waals surface area contributed by atoms with Crippen LogP contribution in [0.2, 0.25) is 5.02 Å². The normalized spacial score (nSPS) is 10.8. The van der Waals surface area contributed by atoms with Crippen molar-refractivity contribution in [1.29, 1.82) is 0 Å². The van der Waals surface area contributed by atoms with Gasteiger partial charge in [0.05, 0.1) is 0 Å². The quantitative estimate of drug-likeness (QED) is 0.794. The average molecular weight is 282 g/mol. The highest BCUT2D eigenvalue weighted by molar-refractivity contribution is 7.15. The van der Waals surface area contributed by atoms with Crippen LogP contribution < -0.4 is 5.32 Å². The van der Waals surface area contributed by atoms with Crippen LogP contribution in [0.15, 0.2) is 36.4 Å². The number of aliphatic hydroxyl groups is 1. The Bertz CT molecular complexity index is 498. The Morgan fingerprint density at radius 2 is 2.00 bits per heavy atom. The van der Waals surface area contributed by atoms with E-state index >= 15 is 0 Å². The summed E-state index contributed by atoms with van der Waals surface area (Å²) in [7, 11) is 0. The number of aliphatic hydroxyl groups excluding tert-OH is 1. The minimum Gasteiger partial charge on any atom is -0.396 e. The van der Waals surface area contributed by atoms with Gasteiger partial charge in [-0.2, -0.15) is 0 Å². The molecule has 2 rings (SSSR count). The monoisotopic (exact) mass is 281 g/mol. The van der Waals surface area contributed by atoms with Crippen molar-refractivity contribution in [2.24, 2.45) is 0 Å². The van der Waals surface area contributed by atoms with E-state index in [2.05, 4.69) is 17.4 Å². The number of halogens is 1. The summed E-state index contributed by atoms with van der Waals surface area (Å²) in [6, 6.07) is 12.1. The highest BCUT2D eigenvalue weighted by Crippen LogP contribution is 2.33. The second-order valence-corrected chi connectivity index (χ2v) is 5.58. The van der Waals surface area contributed by atoms with Gasteiger partial charge < -0.3 is 10.4 Å². The van der Waals surface area contributed by atoms with Gasteiger partial charge in [0, 0.05) is 33.5 Å². The van der Waals surface area contributed by atoms with Crippen molar-refractivity contribution in [1.82, 2.24) is 5.32 Å². The van der Waals surface area contributed by atoms with Crippen molar-refractivity contribution in [2.45, 2.75) is 13.0 Å². The first kappa shape index (κ1) is 13.6. The smallest absolute Gasteiger partial charge is 0.0492 e. The molecule has 0 atom stereocenters. The van der Waals surface area contributed by atoms with Crippen molar-refractivity contribution < 1.29 is 5.11 Å². The molecule has 2 nitrogen and oxygen atoms in total. The van der Waals surface area contributed by atoms with Crippen molar-refractivity contribution in [3.8, 4) is 10.4 Å². The summed E-state index contributed by atoms with van der Waals surface area (Å²) >= 11 is 7.93. The summed E-state index contributed by atoms with van der Waals surface area (Å²) in [6.45, 7) is 1.92. The molecule has 18 heavy (non-hydrogen) atoms. The lowest BCUT2D eigenvalue weighted by Gasteiger charge is -2.01. The summed E-state index contributed by atoms with van der Waals surface area (Å²) < 4.78 is 0. The van der Waals surface area contributed by atoms with E-state index in [0.29, 0.717) is 0 Å². The zero-order chi connectivity index (χ0) is 12.8. The van der Waals surface area contributed by atoms with Crippen LogP contribution in [0.25, 0.3) is 10.4 Å². The molecular formula is C14H16ClNOS. The van der Waals surface area contributed by atoms with E-state index in [4.69, 9.17) is 16.7 Å². The predicted octanol–water partition coefficient (Wildman–Crippen LogP) is 3.54. The van der Waals surface area contributed by atoms with Crippen molar-refractivity contribution in [2.75, 3.05) is 13.2 Å². The van der Waals surface area contributed by atoms with Crippen LogP contribution >= 0.6 is 22.9 Å². The van der Waals surface area contributed by atoms with E-state index in [1.807, 2.05) is 24.3 Å². The molecule has 0 spiro atoms. The van der Waals surface area contributed by atoms with Crippen LogP contribution in [0.4, 0.5) is 0 Å². The lowest BCUT2D eigenvalue weighted by molar-refractivity contribution is 0.286. The number of thiophene rings is 1. The largest absolute Gasteiger partial charge is 0.396 e.